The lowest BCUT2D eigenvalue weighted by Crippen LogP contribution is -2.45. The molecule has 2 N–H and O–H groups in total. The van der Waals surface area contributed by atoms with E-state index in [9.17, 15) is 0 Å². The summed E-state index contributed by atoms with van der Waals surface area (Å²) in [5.41, 5.74) is 6.08. The van der Waals surface area contributed by atoms with Gasteiger partial charge >= 0.3 is 0 Å². The molecule has 4 aliphatic carbocycles. The lowest BCUT2D eigenvalue weighted by molar-refractivity contribution is -0.0408. The van der Waals surface area contributed by atoms with Crippen LogP contribution in [0.15, 0.2) is 0 Å². The summed E-state index contributed by atoms with van der Waals surface area (Å²) >= 11 is 0. The first kappa shape index (κ1) is 11.1. The van der Waals surface area contributed by atoms with E-state index in [1.807, 2.05) is 0 Å². The van der Waals surface area contributed by atoms with Crippen LogP contribution in [-0.4, -0.2) is 6.04 Å². The fourth-order valence-corrected chi connectivity index (χ4v) is 5.12. The maximum absolute atomic E-state index is 6.08. The Balaban J connectivity index is 1.59. The van der Waals surface area contributed by atoms with Gasteiger partial charge in [-0.1, -0.05) is 6.92 Å². The first-order valence-corrected chi connectivity index (χ1v) is 7.51. The van der Waals surface area contributed by atoms with E-state index in [4.69, 9.17) is 5.73 Å². The summed E-state index contributed by atoms with van der Waals surface area (Å²) in [6, 6.07) is 0.470. The first-order chi connectivity index (χ1) is 7.76. The number of nitrogens with two attached hydrogens (primary N) is 1. The summed E-state index contributed by atoms with van der Waals surface area (Å²) in [7, 11) is 0. The van der Waals surface area contributed by atoms with Crippen LogP contribution >= 0.6 is 0 Å². The van der Waals surface area contributed by atoms with Gasteiger partial charge in [0.05, 0.1) is 0 Å². The zero-order chi connectivity index (χ0) is 11.1. The Morgan fingerprint density at radius 1 is 1.00 bits per heavy atom. The van der Waals surface area contributed by atoms with Crippen molar-refractivity contribution in [3.05, 3.63) is 0 Å². The lowest BCUT2D eigenvalue weighted by atomic mass is 9.51. The van der Waals surface area contributed by atoms with Crippen LogP contribution in [0, 0.1) is 29.6 Å². The molecule has 4 rings (SSSR count). The van der Waals surface area contributed by atoms with Crippen LogP contribution < -0.4 is 5.73 Å². The molecule has 0 aromatic rings. The summed E-state index contributed by atoms with van der Waals surface area (Å²) in [4.78, 5) is 0. The van der Waals surface area contributed by atoms with Crippen molar-refractivity contribution in [3.63, 3.8) is 0 Å². The molecule has 0 amide bonds. The second kappa shape index (κ2) is 4.33. The fraction of sp³-hybridized carbons (Fsp3) is 1.00. The molecule has 0 saturated heterocycles. The Morgan fingerprint density at radius 3 is 2.06 bits per heavy atom. The van der Waals surface area contributed by atoms with E-state index in [1.165, 1.54) is 12.8 Å². The van der Waals surface area contributed by atoms with E-state index in [0.29, 0.717) is 6.04 Å². The van der Waals surface area contributed by atoms with Gasteiger partial charge in [0.25, 0.3) is 0 Å². The normalized spacial score (nSPS) is 47.2. The standard InChI is InChI=1S/C15H27N/c1-2-14(16)3-4-15-12-6-10-5-11(8-12)9-13(15)7-10/h10-15H,2-9,16H2,1H3. The maximum Gasteiger partial charge on any atom is 0.00363 e. The zero-order valence-corrected chi connectivity index (χ0v) is 10.7. The number of hydrogen-bond acceptors (Lipinski definition) is 1. The molecule has 1 heteroatoms. The van der Waals surface area contributed by atoms with Crippen molar-refractivity contribution in [2.24, 2.45) is 35.3 Å². The molecular weight excluding hydrogens is 194 g/mol. The van der Waals surface area contributed by atoms with Crippen LogP contribution in [-0.2, 0) is 0 Å². The minimum atomic E-state index is 0.470. The van der Waals surface area contributed by atoms with Gasteiger partial charge in [0.2, 0.25) is 0 Å². The van der Waals surface area contributed by atoms with Crippen molar-refractivity contribution in [3.8, 4) is 0 Å². The average Bonchev–Trinajstić information content (AvgIpc) is 2.26. The Hall–Kier alpha value is -0.0400. The van der Waals surface area contributed by atoms with Crippen LogP contribution in [0.5, 0.6) is 0 Å². The summed E-state index contributed by atoms with van der Waals surface area (Å²) in [5.74, 6) is 5.50. The molecule has 4 bridgehead atoms. The third-order valence-electron chi connectivity index (χ3n) is 5.82. The highest BCUT2D eigenvalue weighted by Crippen LogP contribution is 2.57. The molecule has 16 heavy (non-hydrogen) atoms. The molecule has 1 unspecified atom stereocenters. The molecule has 1 nitrogen and oxygen atoms in total. The van der Waals surface area contributed by atoms with Gasteiger partial charge in [0.1, 0.15) is 0 Å². The van der Waals surface area contributed by atoms with E-state index in [0.717, 1.165) is 36.0 Å². The maximum atomic E-state index is 6.08. The second-order valence-electron chi connectivity index (χ2n) is 6.84. The molecule has 0 aromatic carbocycles. The van der Waals surface area contributed by atoms with Gasteiger partial charge in [-0.15, -0.1) is 0 Å². The average molecular weight is 221 g/mol. The molecular formula is C15H27N. The predicted octanol–water partition coefficient (Wildman–Crippen LogP) is 3.58. The minimum absolute atomic E-state index is 0.470. The molecule has 4 saturated carbocycles. The summed E-state index contributed by atoms with van der Waals surface area (Å²) in [6.45, 7) is 2.22. The molecule has 1 atom stereocenters. The molecule has 92 valence electrons. The molecule has 0 aromatic heterocycles. The Morgan fingerprint density at radius 2 is 1.56 bits per heavy atom. The van der Waals surface area contributed by atoms with Crippen molar-refractivity contribution in [2.45, 2.75) is 64.3 Å². The van der Waals surface area contributed by atoms with E-state index < -0.39 is 0 Å². The molecule has 0 heterocycles. The third-order valence-corrected chi connectivity index (χ3v) is 5.82. The van der Waals surface area contributed by atoms with Gasteiger partial charge < -0.3 is 5.73 Å². The second-order valence-corrected chi connectivity index (χ2v) is 6.84. The van der Waals surface area contributed by atoms with Gasteiger partial charge in [0.15, 0.2) is 0 Å². The SMILES string of the molecule is CCC(N)CCC1C2CC3CC(C2)CC1C3. The van der Waals surface area contributed by atoms with Crippen molar-refractivity contribution in [2.75, 3.05) is 0 Å². The molecule has 4 aliphatic rings. The van der Waals surface area contributed by atoms with Gasteiger partial charge in [-0.05, 0) is 81.0 Å². The Labute approximate surface area is 100 Å². The lowest BCUT2D eigenvalue weighted by Gasteiger charge is -2.54. The molecule has 0 spiro atoms. The van der Waals surface area contributed by atoms with Crippen molar-refractivity contribution >= 4 is 0 Å². The van der Waals surface area contributed by atoms with Crippen LogP contribution in [0.4, 0.5) is 0 Å². The highest BCUT2D eigenvalue weighted by molar-refractivity contribution is 4.98. The minimum Gasteiger partial charge on any atom is -0.328 e. The zero-order valence-electron chi connectivity index (χ0n) is 10.7. The predicted molar refractivity (Wildman–Crippen MR) is 68.0 cm³/mol. The largest absolute Gasteiger partial charge is 0.328 e. The van der Waals surface area contributed by atoms with Gasteiger partial charge in [-0.3, -0.25) is 0 Å². The number of hydrogen-bond donors (Lipinski definition) is 1. The quantitative estimate of drug-likeness (QED) is 0.771. The van der Waals surface area contributed by atoms with Crippen molar-refractivity contribution < 1.29 is 0 Å². The number of rotatable bonds is 4. The van der Waals surface area contributed by atoms with Crippen molar-refractivity contribution in [1.29, 1.82) is 0 Å². The van der Waals surface area contributed by atoms with E-state index >= 15 is 0 Å². The van der Waals surface area contributed by atoms with E-state index in [-0.39, 0.29) is 0 Å². The Bertz CT molecular complexity index is 220. The Kier molecular flexibility index (Phi) is 2.99. The van der Waals surface area contributed by atoms with Gasteiger partial charge in [0, 0.05) is 6.04 Å². The monoisotopic (exact) mass is 221 g/mol. The first-order valence-electron chi connectivity index (χ1n) is 7.51. The van der Waals surface area contributed by atoms with Gasteiger partial charge in [-0.25, -0.2) is 0 Å². The molecule has 0 aliphatic heterocycles. The topological polar surface area (TPSA) is 26.0 Å². The fourth-order valence-electron chi connectivity index (χ4n) is 5.12. The van der Waals surface area contributed by atoms with E-state index in [1.54, 1.807) is 32.1 Å². The summed E-state index contributed by atoms with van der Waals surface area (Å²) in [5, 5.41) is 0. The smallest absolute Gasteiger partial charge is 0.00363 e. The van der Waals surface area contributed by atoms with Crippen LogP contribution in [0.2, 0.25) is 0 Å². The highest BCUT2D eigenvalue weighted by Gasteiger charge is 2.47. The molecule has 0 radical (unpaired) electrons. The van der Waals surface area contributed by atoms with Crippen molar-refractivity contribution in [1.82, 2.24) is 0 Å². The van der Waals surface area contributed by atoms with Gasteiger partial charge in [-0.2, -0.15) is 0 Å². The summed E-state index contributed by atoms with van der Waals surface area (Å²) in [6.07, 6.45) is 11.7. The summed E-state index contributed by atoms with van der Waals surface area (Å²) < 4.78 is 0. The van der Waals surface area contributed by atoms with Crippen LogP contribution in [0.3, 0.4) is 0 Å². The van der Waals surface area contributed by atoms with Crippen LogP contribution in [0.1, 0.15) is 58.3 Å². The van der Waals surface area contributed by atoms with E-state index in [2.05, 4.69) is 6.92 Å². The third kappa shape index (κ3) is 1.92. The molecule has 4 fully saturated rings. The van der Waals surface area contributed by atoms with Crippen LogP contribution in [0.25, 0.3) is 0 Å². The highest BCUT2D eigenvalue weighted by atomic mass is 14.6.